The van der Waals surface area contributed by atoms with E-state index in [-0.39, 0.29) is 0 Å². The molecule has 104 valence electrons. The summed E-state index contributed by atoms with van der Waals surface area (Å²) in [6.07, 6.45) is 0. The number of nitrogens with zero attached hydrogens (tertiary/aromatic N) is 2. The van der Waals surface area contributed by atoms with E-state index >= 15 is 0 Å². The summed E-state index contributed by atoms with van der Waals surface area (Å²) in [5.41, 5.74) is 5.18. The molecule has 0 atom stereocenters. The van der Waals surface area contributed by atoms with Gasteiger partial charge in [0, 0.05) is 11.0 Å². The Morgan fingerprint density at radius 2 is 2.14 bits per heavy atom. The maximum atomic E-state index is 4.64. The molecule has 0 aliphatic rings. The van der Waals surface area contributed by atoms with E-state index in [1.807, 2.05) is 17.6 Å². The molecule has 3 nitrogen and oxygen atoms in total. The van der Waals surface area contributed by atoms with E-state index in [0.29, 0.717) is 0 Å². The summed E-state index contributed by atoms with van der Waals surface area (Å²) in [6, 6.07) is 12.4. The maximum Gasteiger partial charge on any atom is 0.184 e. The number of nitrogens with one attached hydrogen (secondary N) is 1. The van der Waals surface area contributed by atoms with Crippen LogP contribution in [-0.2, 0) is 6.54 Å². The fourth-order valence-corrected chi connectivity index (χ4v) is 4.37. The minimum absolute atomic E-state index is 0.763. The Labute approximate surface area is 137 Å². The summed E-state index contributed by atoms with van der Waals surface area (Å²) in [6.45, 7) is 0.763. The van der Waals surface area contributed by atoms with E-state index in [9.17, 15) is 0 Å². The smallest absolute Gasteiger partial charge is 0.184 e. The molecule has 0 aliphatic heterocycles. The third-order valence-electron chi connectivity index (χ3n) is 3.19. The van der Waals surface area contributed by atoms with Crippen LogP contribution in [-0.4, -0.2) is 9.97 Å². The zero-order valence-corrected chi connectivity index (χ0v) is 14.1. The van der Waals surface area contributed by atoms with Gasteiger partial charge in [-0.25, -0.2) is 9.97 Å². The first-order valence-electron chi connectivity index (χ1n) is 6.41. The van der Waals surface area contributed by atoms with E-state index in [4.69, 9.17) is 0 Å². The summed E-state index contributed by atoms with van der Waals surface area (Å²) in [5.74, 6) is 0. The second-order valence-electron chi connectivity index (χ2n) is 4.62. The summed E-state index contributed by atoms with van der Waals surface area (Å²) >= 11 is 6.82. The SMILES string of the molecule is Brc1cccc(CNc2nc3ccc4scnc4c3s2)c1. The van der Waals surface area contributed by atoms with Crippen molar-refractivity contribution < 1.29 is 0 Å². The molecule has 2 heterocycles. The van der Waals surface area contributed by atoms with E-state index in [1.165, 1.54) is 10.3 Å². The van der Waals surface area contributed by atoms with Gasteiger partial charge >= 0.3 is 0 Å². The highest BCUT2D eigenvalue weighted by molar-refractivity contribution is 9.10. The predicted octanol–water partition coefficient (Wildman–Crippen LogP) is 5.28. The Morgan fingerprint density at radius 1 is 1.19 bits per heavy atom. The summed E-state index contributed by atoms with van der Waals surface area (Å²) < 4.78 is 3.46. The van der Waals surface area contributed by atoms with Crippen LogP contribution in [0.1, 0.15) is 5.56 Å². The number of benzene rings is 2. The molecule has 1 N–H and O–H groups in total. The lowest BCUT2D eigenvalue weighted by Gasteiger charge is -2.02. The van der Waals surface area contributed by atoms with Gasteiger partial charge in [-0.05, 0) is 29.8 Å². The lowest BCUT2D eigenvalue weighted by molar-refractivity contribution is 1.14. The van der Waals surface area contributed by atoms with E-state index in [0.717, 1.165) is 31.9 Å². The Morgan fingerprint density at radius 3 is 3.05 bits per heavy atom. The molecule has 4 aromatic rings. The Bertz CT molecular complexity index is 929. The van der Waals surface area contributed by atoms with E-state index < -0.39 is 0 Å². The van der Waals surface area contributed by atoms with Crippen molar-refractivity contribution in [3.05, 3.63) is 51.9 Å². The number of rotatable bonds is 3. The van der Waals surface area contributed by atoms with Crippen molar-refractivity contribution in [3.8, 4) is 0 Å². The van der Waals surface area contributed by atoms with Crippen LogP contribution in [0.3, 0.4) is 0 Å². The molecule has 2 aromatic carbocycles. The van der Waals surface area contributed by atoms with Crippen molar-refractivity contribution in [1.29, 1.82) is 0 Å². The largest absolute Gasteiger partial charge is 0.357 e. The average Bonchev–Trinajstić information content (AvgIpc) is 3.10. The van der Waals surface area contributed by atoms with Gasteiger partial charge in [-0.15, -0.1) is 11.3 Å². The van der Waals surface area contributed by atoms with Crippen molar-refractivity contribution in [1.82, 2.24) is 9.97 Å². The van der Waals surface area contributed by atoms with Gasteiger partial charge in [0.15, 0.2) is 5.13 Å². The normalized spacial score (nSPS) is 11.3. The average molecular weight is 376 g/mol. The fourth-order valence-electron chi connectivity index (χ4n) is 2.21. The van der Waals surface area contributed by atoms with Crippen LogP contribution < -0.4 is 5.32 Å². The number of aromatic nitrogens is 2. The van der Waals surface area contributed by atoms with Gasteiger partial charge in [-0.1, -0.05) is 39.4 Å². The van der Waals surface area contributed by atoms with Crippen LogP contribution in [0.5, 0.6) is 0 Å². The summed E-state index contributed by atoms with van der Waals surface area (Å²) in [7, 11) is 0. The van der Waals surface area contributed by atoms with Crippen molar-refractivity contribution in [2.75, 3.05) is 5.32 Å². The van der Waals surface area contributed by atoms with E-state index in [1.54, 1.807) is 22.7 Å². The van der Waals surface area contributed by atoms with Crippen LogP contribution in [0.25, 0.3) is 20.4 Å². The molecule has 6 heteroatoms. The molecule has 0 radical (unpaired) electrons. The van der Waals surface area contributed by atoms with Crippen molar-refractivity contribution >= 4 is 64.2 Å². The second kappa shape index (κ2) is 5.36. The molecule has 0 fully saturated rings. The van der Waals surface area contributed by atoms with Gasteiger partial charge in [-0.3, -0.25) is 0 Å². The minimum atomic E-state index is 0.763. The maximum absolute atomic E-state index is 4.64. The lowest BCUT2D eigenvalue weighted by atomic mass is 10.2. The minimum Gasteiger partial charge on any atom is -0.357 e. The Kier molecular flexibility index (Phi) is 3.37. The molecule has 0 saturated heterocycles. The highest BCUT2D eigenvalue weighted by Crippen LogP contribution is 2.33. The molecule has 2 aromatic heterocycles. The molecule has 0 amide bonds. The quantitative estimate of drug-likeness (QED) is 0.529. The second-order valence-corrected chi connectivity index (χ2v) is 7.42. The molecule has 0 bridgehead atoms. The molecular formula is C15H10BrN3S2. The first-order chi connectivity index (χ1) is 10.3. The van der Waals surface area contributed by atoms with Crippen molar-refractivity contribution in [3.63, 3.8) is 0 Å². The zero-order valence-electron chi connectivity index (χ0n) is 10.8. The molecule has 21 heavy (non-hydrogen) atoms. The van der Waals surface area contributed by atoms with Gasteiger partial charge in [0.25, 0.3) is 0 Å². The number of halogens is 1. The number of fused-ring (bicyclic) bond motifs is 3. The molecule has 0 spiro atoms. The third-order valence-corrected chi connectivity index (χ3v) is 5.51. The van der Waals surface area contributed by atoms with Gasteiger partial charge < -0.3 is 5.32 Å². The Hall–Kier alpha value is -1.50. The first kappa shape index (κ1) is 13.2. The third kappa shape index (κ3) is 2.54. The van der Waals surface area contributed by atoms with Crippen molar-refractivity contribution in [2.45, 2.75) is 6.54 Å². The lowest BCUT2D eigenvalue weighted by Crippen LogP contribution is -1.98. The van der Waals surface area contributed by atoms with Gasteiger partial charge in [0.2, 0.25) is 0 Å². The topological polar surface area (TPSA) is 37.8 Å². The summed E-state index contributed by atoms with van der Waals surface area (Å²) in [5, 5.41) is 4.33. The number of hydrogen-bond acceptors (Lipinski definition) is 5. The molecular weight excluding hydrogens is 366 g/mol. The highest BCUT2D eigenvalue weighted by atomic mass is 79.9. The van der Waals surface area contributed by atoms with E-state index in [2.05, 4.69) is 55.5 Å². The van der Waals surface area contributed by atoms with Crippen molar-refractivity contribution in [2.24, 2.45) is 0 Å². The zero-order chi connectivity index (χ0) is 14.2. The fraction of sp³-hybridized carbons (Fsp3) is 0.0667. The van der Waals surface area contributed by atoms with Crippen LogP contribution >= 0.6 is 38.6 Å². The molecule has 0 aliphatic carbocycles. The molecule has 0 saturated carbocycles. The Balaban J connectivity index is 1.64. The molecule has 0 unspecified atom stereocenters. The van der Waals surface area contributed by atoms with Crippen LogP contribution in [0.2, 0.25) is 0 Å². The van der Waals surface area contributed by atoms with Gasteiger partial charge in [0.1, 0.15) is 5.52 Å². The number of hydrogen-bond donors (Lipinski definition) is 1. The summed E-state index contributed by atoms with van der Waals surface area (Å²) in [4.78, 5) is 9.09. The number of thiazole rings is 2. The molecule has 4 rings (SSSR count). The monoisotopic (exact) mass is 375 g/mol. The van der Waals surface area contributed by atoms with Crippen LogP contribution in [0.4, 0.5) is 5.13 Å². The van der Waals surface area contributed by atoms with Crippen LogP contribution in [0.15, 0.2) is 46.4 Å². The number of anilines is 1. The van der Waals surface area contributed by atoms with Crippen LogP contribution in [0, 0.1) is 0 Å². The first-order valence-corrected chi connectivity index (χ1v) is 8.89. The predicted molar refractivity (Wildman–Crippen MR) is 94.3 cm³/mol. The van der Waals surface area contributed by atoms with Gasteiger partial charge in [-0.2, -0.15) is 0 Å². The van der Waals surface area contributed by atoms with Gasteiger partial charge in [0.05, 0.1) is 20.4 Å². The standard InChI is InChI=1S/C15H10BrN3S2/c16-10-3-1-2-9(6-10)7-17-15-19-11-4-5-12-13(14(11)21-15)18-8-20-12/h1-6,8H,7H2,(H,17,19). The highest BCUT2D eigenvalue weighted by Gasteiger charge is 2.09.